The molecule has 3 aliphatic rings. The number of nitrogens with two attached hydrogens (primary N) is 1. The van der Waals surface area contributed by atoms with E-state index in [1.165, 1.54) is 19.3 Å². The summed E-state index contributed by atoms with van der Waals surface area (Å²) in [4.78, 5) is 15.1. The second-order valence-electron chi connectivity index (χ2n) is 6.67. The lowest BCUT2D eigenvalue weighted by Crippen LogP contribution is -2.52. The molecule has 0 radical (unpaired) electrons. The highest BCUT2D eigenvalue weighted by Crippen LogP contribution is 2.44. The van der Waals surface area contributed by atoms with E-state index in [0.29, 0.717) is 12.0 Å². The Bertz CT molecular complexity index is 415. The highest BCUT2D eigenvalue weighted by Gasteiger charge is 2.51. The summed E-state index contributed by atoms with van der Waals surface area (Å²) in [5, 5.41) is 12.3. The van der Waals surface area contributed by atoms with Crippen LogP contribution in [0.3, 0.4) is 0 Å². The Labute approximate surface area is 120 Å². The highest BCUT2D eigenvalue weighted by molar-refractivity contribution is 6.07. The van der Waals surface area contributed by atoms with Crippen molar-refractivity contribution in [2.45, 2.75) is 63.8 Å². The van der Waals surface area contributed by atoms with Crippen molar-refractivity contribution in [3.63, 3.8) is 0 Å². The molecule has 5 heteroatoms. The van der Waals surface area contributed by atoms with Crippen LogP contribution in [0, 0.1) is 11.3 Å². The molecule has 1 saturated heterocycles. The Morgan fingerprint density at radius 3 is 2.55 bits per heavy atom. The lowest BCUT2D eigenvalue weighted by Gasteiger charge is -2.37. The predicted molar refractivity (Wildman–Crippen MR) is 76.4 cm³/mol. The summed E-state index contributed by atoms with van der Waals surface area (Å²) in [7, 11) is 0. The molecule has 0 aromatic rings. The Morgan fingerprint density at radius 1 is 1.15 bits per heavy atom. The second kappa shape index (κ2) is 5.26. The van der Waals surface area contributed by atoms with E-state index in [4.69, 9.17) is 10.9 Å². The molecule has 2 aliphatic carbocycles. The fourth-order valence-electron chi connectivity index (χ4n) is 4.59. The molecule has 3 N–H and O–H groups in total. The van der Waals surface area contributed by atoms with Crippen molar-refractivity contribution in [3.8, 4) is 0 Å². The molecule has 5 nitrogen and oxygen atoms in total. The van der Waals surface area contributed by atoms with E-state index in [2.05, 4.69) is 10.1 Å². The molecule has 0 bridgehead atoms. The largest absolute Gasteiger partial charge is 0.409 e. The lowest BCUT2D eigenvalue weighted by molar-refractivity contribution is -0.140. The van der Waals surface area contributed by atoms with Crippen molar-refractivity contribution >= 4 is 11.7 Å². The van der Waals surface area contributed by atoms with Crippen LogP contribution >= 0.6 is 0 Å². The molecule has 1 aliphatic heterocycles. The van der Waals surface area contributed by atoms with Gasteiger partial charge in [-0.05, 0) is 38.0 Å². The number of likely N-dealkylation sites (tertiary alicyclic amines) is 1. The number of hydrogen-bond acceptors (Lipinski definition) is 3. The van der Waals surface area contributed by atoms with Crippen LogP contribution in [0.4, 0.5) is 0 Å². The summed E-state index contributed by atoms with van der Waals surface area (Å²) in [6.07, 6.45) is 9.48. The van der Waals surface area contributed by atoms with Crippen molar-refractivity contribution in [2.24, 2.45) is 22.2 Å². The van der Waals surface area contributed by atoms with Gasteiger partial charge in [-0.3, -0.25) is 4.79 Å². The number of carbonyl (C=O) groups excluding carboxylic acids is 1. The normalized spacial score (nSPS) is 33.2. The van der Waals surface area contributed by atoms with E-state index < -0.39 is 5.41 Å². The van der Waals surface area contributed by atoms with E-state index in [0.717, 1.165) is 45.1 Å². The van der Waals surface area contributed by atoms with Crippen molar-refractivity contribution in [1.29, 1.82) is 0 Å². The highest BCUT2D eigenvalue weighted by atomic mass is 16.4. The van der Waals surface area contributed by atoms with E-state index in [1.807, 2.05) is 0 Å². The van der Waals surface area contributed by atoms with Crippen LogP contribution in [0.1, 0.15) is 57.8 Å². The Kier molecular flexibility index (Phi) is 3.61. The number of carbonyl (C=O) groups is 1. The molecule has 0 aromatic heterocycles. The van der Waals surface area contributed by atoms with Gasteiger partial charge in [0.05, 0.1) is 0 Å². The van der Waals surface area contributed by atoms with Gasteiger partial charge in [0.15, 0.2) is 5.84 Å². The standard InChI is InChI=1S/C15H25N3O2/c16-13(17-20)15(8-3-4-9-15)14(19)18-10-7-11-5-1-2-6-12(11)18/h11-12,20H,1-10H2,(H2,16,17). The minimum absolute atomic E-state index is 0.124. The van der Waals surface area contributed by atoms with Gasteiger partial charge in [-0.1, -0.05) is 30.8 Å². The first-order valence-corrected chi connectivity index (χ1v) is 7.98. The van der Waals surface area contributed by atoms with Crippen LogP contribution in [-0.4, -0.2) is 34.4 Å². The Morgan fingerprint density at radius 2 is 1.85 bits per heavy atom. The van der Waals surface area contributed by atoms with Gasteiger partial charge in [0.2, 0.25) is 5.91 Å². The van der Waals surface area contributed by atoms with Crippen LogP contribution in [-0.2, 0) is 4.79 Å². The van der Waals surface area contributed by atoms with Gasteiger partial charge in [-0.15, -0.1) is 0 Å². The number of amides is 1. The minimum Gasteiger partial charge on any atom is -0.409 e. The first-order valence-electron chi connectivity index (χ1n) is 7.98. The molecule has 2 atom stereocenters. The molecule has 2 saturated carbocycles. The molecular weight excluding hydrogens is 254 g/mol. The summed E-state index contributed by atoms with van der Waals surface area (Å²) in [6.45, 7) is 0.856. The third-order valence-electron chi connectivity index (χ3n) is 5.74. The number of fused-ring (bicyclic) bond motifs is 1. The maximum Gasteiger partial charge on any atom is 0.236 e. The second-order valence-corrected chi connectivity index (χ2v) is 6.67. The van der Waals surface area contributed by atoms with Gasteiger partial charge in [0.1, 0.15) is 5.41 Å². The molecule has 112 valence electrons. The molecule has 1 amide bonds. The zero-order chi connectivity index (χ0) is 14.2. The van der Waals surface area contributed by atoms with Crippen molar-refractivity contribution < 1.29 is 10.0 Å². The SMILES string of the molecule is NC(=NO)C1(C(=O)N2CCC3CCCCC32)CCCC1. The maximum atomic E-state index is 13.1. The van der Waals surface area contributed by atoms with Gasteiger partial charge < -0.3 is 15.8 Å². The summed E-state index contributed by atoms with van der Waals surface area (Å²) in [6, 6.07) is 0.403. The molecule has 3 rings (SSSR count). The van der Waals surface area contributed by atoms with Crippen molar-refractivity contribution in [2.75, 3.05) is 6.54 Å². The fraction of sp³-hybridized carbons (Fsp3) is 0.867. The first kappa shape index (κ1) is 13.7. The zero-order valence-corrected chi connectivity index (χ0v) is 12.1. The van der Waals surface area contributed by atoms with Crippen LogP contribution in [0.5, 0.6) is 0 Å². The van der Waals surface area contributed by atoms with Crippen LogP contribution < -0.4 is 5.73 Å². The van der Waals surface area contributed by atoms with Gasteiger partial charge in [-0.25, -0.2) is 0 Å². The average Bonchev–Trinajstić information content (AvgIpc) is 3.13. The van der Waals surface area contributed by atoms with Gasteiger partial charge in [0, 0.05) is 12.6 Å². The van der Waals surface area contributed by atoms with E-state index in [1.54, 1.807) is 0 Å². The molecular formula is C15H25N3O2. The van der Waals surface area contributed by atoms with Crippen molar-refractivity contribution in [3.05, 3.63) is 0 Å². The summed E-state index contributed by atoms with van der Waals surface area (Å²) < 4.78 is 0. The van der Waals surface area contributed by atoms with E-state index in [-0.39, 0.29) is 11.7 Å². The molecule has 3 fully saturated rings. The molecule has 20 heavy (non-hydrogen) atoms. The molecule has 0 aromatic carbocycles. The number of oxime groups is 1. The number of rotatable bonds is 2. The smallest absolute Gasteiger partial charge is 0.236 e. The average molecular weight is 279 g/mol. The van der Waals surface area contributed by atoms with E-state index in [9.17, 15) is 4.79 Å². The van der Waals surface area contributed by atoms with Gasteiger partial charge in [0.25, 0.3) is 0 Å². The Hall–Kier alpha value is -1.26. The van der Waals surface area contributed by atoms with Crippen LogP contribution in [0.15, 0.2) is 5.16 Å². The van der Waals surface area contributed by atoms with Crippen molar-refractivity contribution in [1.82, 2.24) is 4.90 Å². The zero-order valence-electron chi connectivity index (χ0n) is 12.1. The Balaban J connectivity index is 1.83. The minimum atomic E-state index is -0.721. The third kappa shape index (κ3) is 1.98. The first-order chi connectivity index (χ1) is 9.69. The summed E-state index contributed by atoms with van der Waals surface area (Å²) >= 11 is 0. The monoisotopic (exact) mass is 279 g/mol. The van der Waals surface area contributed by atoms with Gasteiger partial charge >= 0.3 is 0 Å². The predicted octanol–water partition coefficient (Wildman–Crippen LogP) is 2.08. The van der Waals surface area contributed by atoms with Gasteiger partial charge in [-0.2, -0.15) is 0 Å². The third-order valence-corrected chi connectivity index (χ3v) is 5.74. The molecule has 0 spiro atoms. The summed E-state index contributed by atoms with van der Waals surface area (Å²) in [5.41, 5.74) is 5.18. The van der Waals surface area contributed by atoms with Crippen LogP contribution in [0.2, 0.25) is 0 Å². The lowest BCUT2D eigenvalue weighted by atomic mass is 9.81. The topological polar surface area (TPSA) is 78.9 Å². The fourth-order valence-corrected chi connectivity index (χ4v) is 4.59. The molecule has 1 heterocycles. The van der Waals surface area contributed by atoms with Crippen LogP contribution in [0.25, 0.3) is 0 Å². The number of amidine groups is 1. The quantitative estimate of drug-likeness (QED) is 0.351. The summed E-state index contributed by atoms with van der Waals surface area (Å²) in [5.74, 6) is 0.928. The van der Waals surface area contributed by atoms with E-state index >= 15 is 0 Å². The molecule has 2 unspecified atom stereocenters. The number of hydrogen-bond donors (Lipinski definition) is 2. The maximum absolute atomic E-state index is 13.1. The number of nitrogens with zero attached hydrogens (tertiary/aromatic N) is 2.